The molecule has 1 aliphatic carbocycles. The number of piperidine rings is 1. The molecule has 0 aromatic heterocycles. The normalized spacial score (nSPS) is 22.4. The largest absolute Gasteiger partial charge is 0.340 e. The monoisotopic (exact) mass is 388 g/mol. The molecular weight excluding hydrogens is 352 g/mol. The first-order valence-corrected chi connectivity index (χ1v) is 11.7. The summed E-state index contributed by atoms with van der Waals surface area (Å²) in [6, 6.07) is 7.00. The zero-order valence-corrected chi connectivity index (χ0v) is 18.2. The first-order chi connectivity index (χ1) is 13.1. The SMILES string of the molecule is CCN(C(=O)C1CCCN(Sc2cccc(C)c2C)C1)C1CCCCCC1. The van der Waals surface area contributed by atoms with E-state index in [4.69, 9.17) is 0 Å². The lowest BCUT2D eigenvalue weighted by Crippen LogP contribution is -2.47. The van der Waals surface area contributed by atoms with Crippen molar-refractivity contribution in [3.8, 4) is 0 Å². The maximum atomic E-state index is 13.3. The van der Waals surface area contributed by atoms with Crippen LogP contribution in [0, 0.1) is 19.8 Å². The number of hydrogen-bond donors (Lipinski definition) is 0. The number of carbonyl (C=O) groups excluding carboxylic acids is 1. The molecule has 0 N–H and O–H groups in total. The molecule has 1 aromatic rings. The zero-order chi connectivity index (χ0) is 19.2. The van der Waals surface area contributed by atoms with Crippen LogP contribution in [0.3, 0.4) is 0 Å². The molecule has 3 rings (SSSR count). The minimum absolute atomic E-state index is 0.166. The number of aryl methyl sites for hydroxylation is 1. The number of amides is 1. The van der Waals surface area contributed by atoms with Gasteiger partial charge in [-0.15, -0.1) is 0 Å². The smallest absolute Gasteiger partial charge is 0.227 e. The predicted octanol–water partition coefficient (Wildman–Crippen LogP) is 5.59. The topological polar surface area (TPSA) is 23.6 Å². The Kier molecular flexibility index (Phi) is 7.66. The third-order valence-electron chi connectivity index (χ3n) is 6.40. The highest BCUT2D eigenvalue weighted by Gasteiger charge is 2.32. The second kappa shape index (κ2) is 9.97. The predicted molar refractivity (Wildman–Crippen MR) is 115 cm³/mol. The molecule has 1 saturated carbocycles. The summed E-state index contributed by atoms with van der Waals surface area (Å²) in [5.41, 5.74) is 2.71. The van der Waals surface area contributed by atoms with E-state index in [-0.39, 0.29) is 5.92 Å². The van der Waals surface area contributed by atoms with Gasteiger partial charge in [0.25, 0.3) is 0 Å². The fourth-order valence-corrected chi connectivity index (χ4v) is 5.78. The summed E-state index contributed by atoms with van der Waals surface area (Å²) < 4.78 is 2.43. The Morgan fingerprint density at radius 3 is 2.56 bits per heavy atom. The van der Waals surface area contributed by atoms with E-state index >= 15 is 0 Å². The van der Waals surface area contributed by atoms with Gasteiger partial charge in [-0.2, -0.15) is 0 Å². The van der Waals surface area contributed by atoms with Crippen molar-refractivity contribution in [2.75, 3.05) is 19.6 Å². The highest BCUT2D eigenvalue weighted by Crippen LogP contribution is 2.33. The second-order valence-electron chi connectivity index (χ2n) is 8.29. The molecule has 0 bridgehead atoms. The average Bonchev–Trinajstić information content (AvgIpc) is 2.96. The molecule has 1 aromatic carbocycles. The van der Waals surface area contributed by atoms with Crippen LogP contribution in [0.4, 0.5) is 0 Å². The first-order valence-electron chi connectivity index (χ1n) is 10.9. The van der Waals surface area contributed by atoms with Crippen LogP contribution in [-0.4, -0.2) is 40.8 Å². The van der Waals surface area contributed by atoms with Gasteiger partial charge in [-0.25, -0.2) is 4.31 Å². The van der Waals surface area contributed by atoms with Crippen molar-refractivity contribution in [1.29, 1.82) is 0 Å². The van der Waals surface area contributed by atoms with Crippen molar-refractivity contribution in [2.45, 2.75) is 83.1 Å². The quantitative estimate of drug-likeness (QED) is 0.485. The van der Waals surface area contributed by atoms with Crippen LogP contribution in [0.2, 0.25) is 0 Å². The molecule has 1 aliphatic heterocycles. The van der Waals surface area contributed by atoms with Gasteiger partial charge in [0.15, 0.2) is 0 Å². The minimum Gasteiger partial charge on any atom is -0.340 e. The first kappa shape index (κ1) is 20.7. The molecule has 27 heavy (non-hydrogen) atoms. The van der Waals surface area contributed by atoms with Crippen molar-refractivity contribution >= 4 is 17.9 Å². The van der Waals surface area contributed by atoms with Crippen molar-refractivity contribution in [3.63, 3.8) is 0 Å². The van der Waals surface area contributed by atoms with Gasteiger partial charge in [-0.05, 0) is 75.6 Å². The maximum Gasteiger partial charge on any atom is 0.227 e. The highest BCUT2D eigenvalue weighted by molar-refractivity contribution is 7.97. The third-order valence-corrected chi connectivity index (χ3v) is 7.63. The van der Waals surface area contributed by atoms with E-state index in [1.54, 1.807) is 0 Å². The Labute approximate surface area is 170 Å². The van der Waals surface area contributed by atoms with Crippen LogP contribution in [0.15, 0.2) is 23.1 Å². The molecule has 1 saturated heterocycles. The molecule has 2 fully saturated rings. The lowest BCUT2D eigenvalue weighted by Gasteiger charge is -2.37. The Morgan fingerprint density at radius 1 is 1.11 bits per heavy atom. The lowest BCUT2D eigenvalue weighted by atomic mass is 9.96. The Morgan fingerprint density at radius 2 is 1.85 bits per heavy atom. The van der Waals surface area contributed by atoms with Crippen LogP contribution in [0.25, 0.3) is 0 Å². The summed E-state index contributed by atoms with van der Waals surface area (Å²) >= 11 is 1.85. The van der Waals surface area contributed by atoms with Gasteiger partial charge in [-0.3, -0.25) is 4.79 Å². The van der Waals surface area contributed by atoms with Crippen LogP contribution in [0.5, 0.6) is 0 Å². The van der Waals surface area contributed by atoms with E-state index in [0.717, 1.165) is 32.5 Å². The van der Waals surface area contributed by atoms with Crippen LogP contribution < -0.4 is 0 Å². The number of nitrogens with zero attached hydrogens (tertiary/aromatic N) is 2. The Hall–Kier alpha value is -1.00. The molecule has 2 aliphatic rings. The number of benzene rings is 1. The fourth-order valence-electron chi connectivity index (χ4n) is 4.59. The number of rotatable bonds is 5. The number of hydrogen-bond acceptors (Lipinski definition) is 3. The van der Waals surface area contributed by atoms with Crippen molar-refractivity contribution < 1.29 is 4.79 Å². The molecule has 150 valence electrons. The van der Waals surface area contributed by atoms with Gasteiger partial charge in [0.05, 0.1) is 5.92 Å². The highest BCUT2D eigenvalue weighted by atomic mass is 32.2. The van der Waals surface area contributed by atoms with Crippen LogP contribution in [0.1, 0.15) is 69.4 Å². The van der Waals surface area contributed by atoms with E-state index < -0.39 is 0 Å². The van der Waals surface area contributed by atoms with Gasteiger partial charge in [0.1, 0.15) is 0 Å². The molecule has 1 atom stereocenters. The lowest BCUT2D eigenvalue weighted by molar-refractivity contribution is -0.139. The third kappa shape index (κ3) is 5.29. The van der Waals surface area contributed by atoms with E-state index in [0.29, 0.717) is 11.9 Å². The van der Waals surface area contributed by atoms with Gasteiger partial charge in [0, 0.05) is 30.6 Å². The molecule has 0 radical (unpaired) electrons. The van der Waals surface area contributed by atoms with Crippen LogP contribution >= 0.6 is 11.9 Å². The zero-order valence-electron chi connectivity index (χ0n) is 17.4. The molecular formula is C23H36N2OS. The molecule has 1 amide bonds. The second-order valence-corrected chi connectivity index (χ2v) is 9.42. The maximum absolute atomic E-state index is 13.3. The van der Waals surface area contributed by atoms with E-state index in [2.05, 4.69) is 48.2 Å². The summed E-state index contributed by atoms with van der Waals surface area (Å²) in [5, 5.41) is 0. The summed E-state index contributed by atoms with van der Waals surface area (Å²) in [6.07, 6.45) is 9.82. The van der Waals surface area contributed by atoms with Crippen LogP contribution in [-0.2, 0) is 4.79 Å². The molecule has 1 heterocycles. The van der Waals surface area contributed by atoms with Crippen molar-refractivity contribution in [2.24, 2.45) is 5.92 Å². The van der Waals surface area contributed by atoms with Crippen molar-refractivity contribution in [1.82, 2.24) is 9.21 Å². The number of carbonyl (C=O) groups is 1. The average molecular weight is 389 g/mol. The van der Waals surface area contributed by atoms with E-state index in [9.17, 15) is 4.79 Å². The molecule has 4 heteroatoms. The summed E-state index contributed by atoms with van der Waals surface area (Å²) in [7, 11) is 0. The standard InChI is InChI=1S/C23H36N2OS/c1-4-25(21-13-7-5-6-8-14-21)23(26)20-12-10-16-24(17-20)27-22-15-9-11-18(2)19(22)3/h9,11,15,20-21H,4-8,10,12-14,16-17H2,1-3H3. The van der Waals surface area contributed by atoms with Gasteiger partial charge >= 0.3 is 0 Å². The van der Waals surface area contributed by atoms with Gasteiger partial charge in [-0.1, -0.05) is 37.8 Å². The Balaban J connectivity index is 1.63. The molecule has 3 nitrogen and oxygen atoms in total. The summed E-state index contributed by atoms with van der Waals surface area (Å²) in [5.74, 6) is 0.579. The van der Waals surface area contributed by atoms with Crippen molar-refractivity contribution in [3.05, 3.63) is 29.3 Å². The molecule has 0 spiro atoms. The van der Waals surface area contributed by atoms with Gasteiger partial charge in [0.2, 0.25) is 5.91 Å². The summed E-state index contributed by atoms with van der Waals surface area (Å²) in [4.78, 5) is 16.9. The molecule has 1 unspecified atom stereocenters. The Bertz CT molecular complexity index is 625. The fraction of sp³-hybridized carbons (Fsp3) is 0.696. The summed E-state index contributed by atoms with van der Waals surface area (Å²) in [6.45, 7) is 9.37. The van der Waals surface area contributed by atoms with Gasteiger partial charge < -0.3 is 4.90 Å². The minimum atomic E-state index is 0.166. The van der Waals surface area contributed by atoms with E-state index in [1.807, 2.05) is 11.9 Å². The van der Waals surface area contributed by atoms with E-state index in [1.165, 1.54) is 54.5 Å².